The molecule has 2 unspecified atom stereocenters. The van der Waals surface area contributed by atoms with Crippen molar-refractivity contribution in [3.8, 4) is 0 Å². The summed E-state index contributed by atoms with van der Waals surface area (Å²) in [6.45, 7) is 14.6. The Labute approximate surface area is 325 Å². The Bertz CT molecular complexity index is 1760. The van der Waals surface area contributed by atoms with Gasteiger partial charge < -0.3 is 25.7 Å². The molecule has 1 aromatic carbocycles. The number of carbonyl (C=O) groups is 6. The molecule has 0 fully saturated rings. The number of likely N-dealkylation sites (N-methyl/N-ethyl adjacent to an activating group) is 1. The summed E-state index contributed by atoms with van der Waals surface area (Å²) in [5.74, 6) is -0.772. The van der Waals surface area contributed by atoms with Gasteiger partial charge in [-0.05, 0) is 132 Å². The molecule has 4 N–H and O–H groups in total. The van der Waals surface area contributed by atoms with E-state index in [-0.39, 0.29) is 54.2 Å². The largest absolute Gasteiger partial charge is 0.390 e. The van der Waals surface area contributed by atoms with Gasteiger partial charge in [0.1, 0.15) is 0 Å². The minimum atomic E-state index is -1.13. The van der Waals surface area contributed by atoms with Crippen LogP contribution in [0.25, 0.3) is 0 Å². The maximum Gasteiger partial charge on any atom is 0.224 e. The second-order valence-electron chi connectivity index (χ2n) is 15.2. The van der Waals surface area contributed by atoms with Crippen molar-refractivity contribution in [2.24, 2.45) is 0 Å². The van der Waals surface area contributed by atoms with Crippen LogP contribution in [0.4, 0.5) is 5.69 Å². The molecule has 2 amide bonds. The van der Waals surface area contributed by atoms with E-state index in [0.29, 0.717) is 93.9 Å². The first-order valence-corrected chi connectivity index (χ1v) is 18.7. The highest BCUT2D eigenvalue weighted by Crippen LogP contribution is 2.31. The third kappa shape index (κ3) is 13.7. The molecule has 0 saturated carbocycles. The Hall–Kier alpha value is -4.03. The van der Waals surface area contributed by atoms with Crippen molar-refractivity contribution in [1.82, 2.24) is 10.2 Å². The van der Waals surface area contributed by atoms with E-state index in [9.17, 15) is 39.0 Å². The molecule has 0 bridgehead atoms. The number of amides is 2. The first-order chi connectivity index (χ1) is 25.0. The average Bonchev–Trinajstić information content (AvgIpc) is 3.11. The summed E-state index contributed by atoms with van der Waals surface area (Å²) in [6.07, 6.45) is 2.16. The number of nitrogens with zero attached hydrogens (tertiary/aromatic N) is 1. The average molecular weight is 768 g/mol. The Morgan fingerprint density at radius 1 is 0.630 bits per heavy atom. The molecule has 2 aliphatic carbocycles. The van der Waals surface area contributed by atoms with Gasteiger partial charge in [0.15, 0.2) is 23.1 Å². The molecular formula is C42H58ClN3O8. The van der Waals surface area contributed by atoms with E-state index in [1.807, 2.05) is 19.0 Å². The summed E-state index contributed by atoms with van der Waals surface area (Å²) >= 11 is 5.82. The monoisotopic (exact) mass is 767 g/mol. The van der Waals surface area contributed by atoms with E-state index in [1.165, 1.54) is 0 Å². The van der Waals surface area contributed by atoms with Gasteiger partial charge in [-0.2, -0.15) is 0 Å². The van der Waals surface area contributed by atoms with Gasteiger partial charge in [0.05, 0.1) is 11.2 Å². The number of Topliss-reactive ketones (excluding diaryl/α,β-unsaturated/α-hetero) is 4. The van der Waals surface area contributed by atoms with Crippen molar-refractivity contribution < 1.29 is 39.0 Å². The van der Waals surface area contributed by atoms with Crippen LogP contribution in [0.5, 0.6) is 0 Å². The summed E-state index contributed by atoms with van der Waals surface area (Å²) in [6, 6.07) is 6.78. The van der Waals surface area contributed by atoms with Crippen molar-refractivity contribution >= 4 is 52.2 Å². The minimum absolute atomic E-state index is 0.0964. The van der Waals surface area contributed by atoms with Gasteiger partial charge in [-0.3, -0.25) is 28.8 Å². The highest BCUT2D eigenvalue weighted by atomic mass is 35.5. The summed E-state index contributed by atoms with van der Waals surface area (Å²) in [5.41, 5.74) is 2.22. The number of ketones is 4. The first-order valence-electron chi connectivity index (χ1n) is 18.3. The summed E-state index contributed by atoms with van der Waals surface area (Å²) < 4.78 is 0. The van der Waals surface area contributed by atoms with E-state index in [1.54, 1.807) is 79.7 Å². The zero-order valence-electron chi connectivity index (χ0n) is 33.5. The molecule has 12 heteroatoms. The molecule has 0 saturated heterocycles. The van der Waals surface area contributed by atoms with Crippen LogP contribution in [0.1, 0.15) is 107 Å². The first kappa shape index (κ1) is 46.1. The SMILES string of the molecule is CC1=C(C)C(=O)C(CCC(C)(O)CCC(=O)NCCN(C)C)=C(C)C1=O.CC1=C(C)C(=O)C(CCC(C)(O)CCC(=O)Nc2ccc(Cl)cc2)=C(C)C1=O. The molecule has 0 radical (unpaired) electrons. The van der Waals surface area contributed by atoms with E-state index in [2.05, 4.69) is 10.6 Å². The number of carbonyl (C=O) groups excluding carboxylic acids is 6. The molecular weight excluding hydrogens is 710 g/mol. The van der Waals surface area contributed by atoms with Crippen LogP contribution in [0.15, 0.2) is 68.9 Å². The number of halogens is 1. The maximum absolute atomic E-state index is 12.5. The van der Waals surface area contributed by atoms with Crippen molar-refractivity contribution in [1.29, 1.82) is 0 Å². The Kier molecular flexibility index (Phi) is 17.1. The van der Waals surface area contributed by atoms with E-state index >= 15 is 0 Å². The predicted molar refractivity (Wildman–Crippen MR) is 212 cm³/mol. The second-order valence-corrected chi connectivity index (χ2v) is 15.7. The molecule has 0 aromatic heterocycles. The van der Waals surface area contributed by atoms with E-state index in [0.717, 1.165) is 6.54 Å². The van der Waals surface area contributed by atoms with Crippen molar-refractivity contribution in [2.45, 2.75) is 118 Å². The Morgan fingerprint density at radius 3 is 1.43 bits per heavy atom. The molecule has 54 heavy (non-hydrogen) atoms. The van der Waals surface area contributed by atoms with Crippen LogP contribution >= 0.6 is 11.6 Å². The topological polar surface area (TPSA) is 170 Å². The number of anilines is 1. The van der Waals surface area contributed by atoms with Crippen LogP contribution in [0.3, 0.4) is 0 Å². The van der Waals surface area contributed by atoms with Crippen LogP contribution in [0, 0.1) is 0 Å². The molecule has 0 heterocycles. The summed E-state index contributed by atoms with van der Waals surface area (Å²) in [5, 5.41) is 27.3. The minimum Gasteiger partial charge on any atom is -0.390 e. The number of benzene rings is 1. The van der Waals surface area contributed by atoms with Crippen LogP contribution in [0.2, 0.25) is 5.02 Å². The van der Waals surface area contributed by atoms with Gasteiger partial charge in [-0.25, -0.2) is 0 Å². The fourth-order valence-electron chi connectivity index (χ4n) is 5.98. The van der Waals surface area contributed by atoms with Gasteiger partial charge >= 0.3 is 0 Å². The summed E-state index contributed by atoms with van der Waals surface area (Å²) in [4.78, 5) is 75.3. The van der Waals surface area contributed by atoms with Crippen LogP contribution in [-0.2, 0) is 28.8 Å². The van der Waals surface area contributed by atoms with Gasteiger partial charge in [-0.1, -0.05) is 11.6 Å². The number of aliphatic hydroxyl groups is 2. The van der Waals surface area contributed by atoms with Gasteiger partial charge in [0.2, 0.25) is 11.8 Å². The zero-order valence-corrected chi connectivity index (χ0v) is 34.3. The van der Waals surface area contributed by atoms with Gasteiger partial charge in [0.25, 0.3) is 0 Å². The number of nitrogens with one attached hydrogen (secondary N) is 2. The highest BCUT2D eigenvalue weighted by molar-refractivity contribution is 6.30. The lowest BCUT2D eigenvalue weighted by molar-refractivity contribution is -0.122. The van der Waals surface area contributed by atoms with Crippen molar-refractivity contribution in [3.05, 3.63) is 73.9 Å². The summed E-state index contributed by atoms with van der Waals surface area (Å²) in [7, 11) is 3.87. The Balaban J connectivity index is 0.000000375. The molecule has 2 atom stereocenters. The highest BCUT2D eigenvalue weighted by Gasteiger charge is 2.31. The van der Waals surface area contributed by atoms with Crippen molar-refractivity contribution in [3.63, 3.8) is 0 Å². The predicted octanol–water partition coefficient (Wildman–Crippen LogP) is 6.17. The molecule has 2 aliphatic rings. The fraction of sp³-hybridized carbons (Fsp3) is 0.524. The van der Waals surface area contributed by atoms with Gasteiger partial charge in [0, 0.05) is 81.2 Å². The second kappa shape index (κ2) is 20.0. The number of allylic oxidation sites excluding steroid dienone is 8. The molecule has 0 aliphatic heterocycles. The molecule has 11 nitrogen and oxygen atoms in total. The van der Waals surface area contributed by atoms with Crippen LogP contribution in [-0.4, -0.2) is 88.4 Å². The molecule has 296 valence electrons. The molecule has 0 spiro atoms. The van der Waals surface area contributed by atoms with Gasteiger partial charge in [-0.15, -0.1) is 0 Å². The quantitative estimate of drug-likeness (QED) is 0.144. The third-order valence-electron chi connectivity index (χ3n) is 10.2. The lowest BCUT2D eigenvalue weighted by atomic mass is 9.82. The maximum atomic E-state index is 12.5. The fourth-order valence-corrected chi connectivity index (χ4v) is 6.11. The Morgan fingerprint density at radius 2 is 1.02 bits per heavy atom. The van der Waals surface area contributed by atoms with Crippen LogP contribution < -0.4 is 10.6 Å². The smallest absolute Gasteiger partial charge is 0.224 e. The number of hydrogen-bond donors (Lipinski definition) is 4. The van der Waals surface area contributed by atoms with Crippen molar-refractivity contribution in [2.75, 3.05) is 32.5 Å². The number of hydrogen-bond acceptors (Lipinski definition) is 9. The lowest BCUT2D eigenvalue weighted by Gasteiger charge is -2.25. The van der Waals surface area contributed by atoms with E-state index < -0.39 is 11.2 Å². The third-order valence-corrected chi connectivity index (χ3v) is 10.5. The lowest BCUT2D eigenvalue weighted by Crippen LogP contribution is -2.33. The standard InChI is InChI=1S/C22H26ClNO4.C20H32N2O4/c1-13-14(2)21(27)18(15(3)20(13)26)9-11-22(4,28)12-10-19(25)24-17-7-5-16(23)6-8-17;1-13-14(2)19(25)16(15(3)18(13)24)7-9-20(4,26)10-8-17(23)21-11-12-22(5)6/h5-8,28H,9-12H2,1-4H3,(H,24,25);26H,7-12H2,1-6H3,(H,21,23). The van der Waals surface area contributed by atoms with E-state index in [4.69, 9.17) is 11.6 Å². The molecule has 1 aromatic rings. The molecule has 3 rings (SSSR count). The normalized spacial score (nSPS) is 17.4. The zero-order chi connectivity index (χ0) is 41.1. The number of rotatable bonds is 16.